The summed E-state index contributed by atoms with van der Waals surface area (Å²) in [6.07, 6.45) is 2.97. The molecule has 0 aliphatic carbocycles. The number of carbonyl (C=O) groups excluding carboxylic acids is 1. The van der Waals surface area contributed by atoms with E-state index in [1.165, 1.54) is 6.33 Å². The lowest BCUT2D eigenvalue weighted by molar-refractivity contribution is 0.0952. The number of hydrogen-bond donors (Lipinski definition) is 3. The van der Waals surface area contributed by atoms with Gasteiger partial charge in [0, 0.05) is 0 Å². The topological polar surface area (TPSA) is 138 Å². The standard InChI is InChI=1S/C12H13N7O2/c1-6-8(12(20)18-14)2-7(21-6)3-19-5-17-9-10(13)15-4-16-11(9)19/h2,4-5H,3,14H2,1H3,(H,18,20)(H2,13,15,16). The quantitative estimate of drug-likeness (QED) is 0.349. The van der Waals surface area contributed by atoms with Gasteiger partial charge in [-0.15, -0.1) is 0 Å². The second kappa shape index (κ2) is 4.87. The summed E-state index contributed by atoms with van der Waals surface area (Å²) in [6, 6.07) is 1.63. The molecule has 0 saturated carbocycles. The lowest BCUT2D eigenvalue weighted by Gasteiger charge is -2.00. The van der Waals surface area contributed by atoms with Crippen LogP contribution in [0.4, 0.5) is 5.82 Å². The zero-order valence-electron chi connectivity index (χ0n) is 11.2. The van der Waals surface area contributed by atoms with Crippen molar-refractivity contribution in [3.63, 3.8) is 0 Å². The predicted octanol–water partition coefficient (Wildman–Crippen LogP) is -0.0383. The molecule has 3 rings (SSSR count). The van der Waals surface area contributed by atoms with Gasteiger partial charge >= 0.3 is 0 Å². The van der Waals surface area contributed by atoms with Crippen molar-refractivity contribution in [2.75, 3.05) is 5.73 Å². The molecule has 0 saturated heterocycles. The number of imidazole rings is 1. The molecule has 5 N–H and O–H groups in total. The Morgan fingerprint density at radius 2 is 2.24 bits per heavy atom. The van der Waals surface area contributed by atoms with Gasteiger partial charge in [0.05, 0.1) is 18.4 Å². The van der Waals surface area contributed by atoms with Crippen LogP contribution in [0.5, 0.6) is 0 Å². The number of anilines is 1. The Bertz CT molecular complexity index is 820. The number of nitrogens with zero attached hydrogens (tertiary/aromatic N) is 4. The number of carbonyl (C=O) groups is 1. The first-order chi connectivity index (χ1) is 10.1. The molecule has 0 unspecified atom stereocenters. The third-order valence-corrected chi connectivity index (χ3v) is 3.10. The first-order valence-corrected chi connectivity index (χ1v) is 6.11. The minimum absolute atomic E-state index is 0.317. The van der Waals surface area contributed by atoms with Crippen LogP contribution in [-0.2, 0) is 6.54 Å². The number of nitrogens with one attached hydrogen (secondary N) is 1. The van der Waals surface area contributed by atoms with Gasteiger partial charge in [-0.05, 0) is 13.0 Å². The SMILES string of the molecule is Cc1oc(Cn2cnc3c(N)ncnc32)cc1C(=O)NN. The van der Waals surface area contributed by atoms with Crippen molar-refractivity contribution in [1.29, 1.82) is 0 Å². The molecule has 3 heterocycles. The fourth-order valence-corrected chi connectivity index (χ4v) is 2.11. The molecule has 108 valence electrons. The first-order valence-electron chi connectivity index (χ1n) is 6.11. The minimum atomic E-state index is -0.399. The van der Waals surface area contributed by atoms with Crippen LogP contribution in [0.15, 0.2) is 23.1 Å². The number of aromatic nitrogens is 4. The van der Waals surface area contributed by atoms with E-state index in [-0.39, 0.29) is 0 Å². The number of fused-ring (bicyclic) bond motifs is 1. The summed E-state index contributed by atoms with van der Waals surface area (Å²) in [4.78, 5) is 23.7. The molecule has 1 amide bonds. The van der Waals surface area contributed by atoms with Gasteiger partial charge in [0.25, 0.3) is 5.91 Å². The molecule has 3 aromatic rings. The summed E-state index contributed by atoms with van der Waals surface area (Å²) in [6.45, 7) is 2.06. The summed E-state index contributed by atoms with van der Waals surface area (Å²) in [7, 11) is 0. The maximum absolute atomic E-state index is 11.6. The van der Waals surface area contributed by atoms with Crippen molar-refractivity contribution in [2.24, 2.45) is 5.84 Å². The molecule has 9 heteroatoms. The second-order valence-electron chi connectivity index (χ2n) is 4.46. The molecule has 0 spiro atoms. The third kappa shape index (κ3) is 2.19. The Morgan fingerprint density at radius 3 is 3.00 bits per heavy atom. The zero-order chi connectivity index (χ0) is 15.0. The maximum Gasteiger partial charge on any atom is 0.268 e. The van der Waals surface area contributed by atoms with Crippen molar-refractivity contribution in [1.82, 2.24) is 24.9 Å². The number of amides is 1. The number of furan rings is 1. The molecule has 0 atom stereocenters. The fraction of sp³-hybridized carbons (Fsp3) is 0.167. The van der Waals surface area contributed by atoms with Gasteiger partial charge in [-0.1, -0.05) is 0 Å². The van der Waals surface area contributed by atoms with Crippen molar-refractivity contribution < 1.29 is 9.21 Å². The van der Waals surface area contributed by atoms with Gasteiger partial charge in [-0.25, -0.2) is 20.8 Å². The monoisotopic (exact) mass is 287 g/mol. The molecule has 9 nitrogen and oxygen atoms in total. The molecule has 0 radical (unpaired) electrons. The smallest absolute Gasteiger partial charge is 0.268 e. The summed E-state index contributed by atoms with van der Waals surface area (Å²) < 4.78 is 7.31. The molecule has 3 aromatic heterocycles. The molecular formula is C12H13N7O2. The Kier molecular flexibility index (Phi) is 3.03. The summed E-state index contributed by atoms with van der Waals surface area (Å²) >= 11 is 0. The van der Waals surface area contributed by atoms with E-state index in [1.54, 1.807) is 23.9 Å². The average molecular weight is 287 g/mol. The molecule has 21 heavy (non-hydrogen) atoms. The number of nitrogens with two attached hydrogens (primary N) is 2. The summed E-state index contributed by atoms with van der Waals surface area (Å²) in [5.41, 5.74) is 9.33. The molecule has 0 bridgehead atoms. The van der Waals surface area contributed by atoms with Gasteiger partial charge in [0.15, 0.2) is 11.5 Å². The van der Waals surface area contributed by atoms with E-state index in [1.807, 2.05) is 0 Å². The Balaban J connectivity index is 1.96. The number of rotatable bonds is 3. The van der Waals surface area contributed by atoms with Crippen molar-refractivity contribution in [3.05, 3.63) is 35.8 Å². The van der Waals surface area contributed by atoms with Crippen molar-refractivity contribution >= 4 is 22.9 Å². The van der Waals surface area contributed by atoms with Crippen molar-refractivity contribution in [2.45, 2.75) is 13.5 Å². The maximum atomic E-state index is 11.6. The zero-order valence-corrected chi connectivity index (χ0v) is 11.2. The van der Waals surface area contributed by atoms with E-state index in [0.717, 1.165) is 0 Å². The number of nitrogen functional groups attached to an aromatic ring is 2. The summed E-state index contributed by atoms with van der Waals surface area (Å²) in [5.74, 6) is 6.12. The van der Waals surface area contributed by atoms with Gasteiger partial charge in [0.2, 0.25) is 0 Å². The van der Waals surface area contributed by atoms with Crippen LogP contribution in [0.25, 0.3) is 11.2 Å². The average Bonchev–Trinajstić information content (AvgIpc) is 3.04. The Morgan fingerprint density at radius 1 is 1.43 bits per heavy atom. The summed E-state index contributed by atoms with van der Waals surface area (Å²) in [5, 5.41) is 0. The Labute approximate surface area is 118 Å². The van der Waals surface area contributed by atoms with E-state index in [9.17, 15) is 4.79 Å². The highest BCUT2D eigenvalue weighted by molar-refractivity contribution is 5.94. The van der Waals surface area contributed by atoms with Crippen molar-refractivity contribution in [3.8, 4) is 0 Å². The Hall–Kier alpha value is -2.94. The van der Waals surface area contributed by atoms with Crippen LogP contribution in [0, 0.1) is 6.92 Å². The molecule has 0 aromatic carbocycles. The van der Waals surface area contributed by atoms with Crippen LogP contribution in [0.2, 0.25) is 0 Å². The van der Waals surface area contributed by atoms with Gasteiger partial charge in [0.1, 0.15) is 23.4 Å². The lowest BCUT2D eigenvalue weighted by Crippen LogP contribution is -2.30. The minimum Gasteiger partial charge on any atom is -0.464 e. The molecular weight excluding hydrogens is 274 g/mol. The number of aryl methyl sites for hydroxylation is 1. The van der Waals surface area contributed by atoms with E-state index >= 15 is 0 Å². The van der Waals surface area contributed by atoms with Crippen LogP contribution < -0.4 is 17.0 Å². The molecule has 0 fully saturated rings. The van der Waals surface area contributed by atoms with Crippen LogP contribution in [0.1, 0.15) is 21.9 Å². The van der Waals surface area contributed by atoms with Crippen LogP contribution in [0.3, 0.4) is 0 Å². The third-order valence-electron chi connectivity index (χ3n) is 3.10. The normalized spacial score (nSPS) is 11.0. The molecule has 0 aliphatic rings. The highest BCUT2D eigenvalue weighted by atomic mass is 16.3. The van der Waals surface area contributed by atoms with Gasteiger partial charge in [-0.3, -0.25) is 10.2 Å². The largest absolute Gasteiger partial charge is 0.464 e. The van der Waals surface area contributed by atoms with Gasteiger partial charge in [-0.2, -0.15) is 0 Å². The van der Waals surface area contributed by atoms with E-state index in [4.69, 9.17) is 16.0 Å². The van der Waals surface area contributed by atoms with E-state index in [2.05, 4.69) is 20.4 Å². The second-order valence-corrected chi connectivity index (χ2v) is 4.46. The predicted molar refractivity (Wildman–Crippen MR) is 73.9 cm³/mol. The number of hydrogen-bond acceptors (Lipinski definition) is 7. The van der Waals surface area contributed by atoms with E-state index in [0.29, 0.717) is 40.6 Å². The number of hydrazine groups is 1. The van der Waals surface area contributed by atoms with E-state index < -0.39 is 5.91 Å². The highest BCUT2D eigenvalue weighted by Gasteiger charge is 2.15. The van der Waals surface area contributed by atoms with Crippen LogP contribution >= 0.6 is 0 Å². The molecule has 0 aliphatic heterocycles. The lowest BCUT2D eigenvalue weighted by atomic mass is 10.2. The fourth-order valence-electron chi connectivity index (χ4n) is 2.11. The first kappa shape index (κ1) is 13.1. The highest BCUT2D eigenvalue weighted by Crippen LogP contribution is 2.19. The van der Waals surface area contributed by atoms with Gasteiger partial charge < -0.3 is 14.7 Å². The van der Waals surface area contributed by atoms with Crippen LogP contribution in [-0.4, -0.2) is 25.4 Å².